The molecule has 0 saturated carbocycles. The van der Waals surface area contributed by atoms with Crippen LogP contribution < -0.4 is 0 Å². The fraction of sp³-hybridized carbons (Fsp3) is 0. The third-order valence-corrected chi connectivity index (χ3v) is 4.76. The van der Waals surface area contributed by atoms with Crippen molar-refractivity contribution in [3.63, 3.8) is 0 Å². The Morgan fingerprint density at radius 2 is 1.75 bits per heavy atom. The van der Waals surface area contributed by atoms with E-state index in [9.17, 15) is 8.42 Å². The topological polar surface area (TPSA) is 58.9 Å². The molecule has 0 amide bonds. The summed E-state index contributed by atoms with van der Waals surface area (Å²) < 4.78 is 24.4. The van der Waals surface area contributed by atoms with Gasteiger partial charge in [-0.3, -0.25) is 0 Å². The number of allylic oxidation sites excluding steroid dienone is 6. The van der Waals surface area contributed by atoms with Crippen molar-refractivity contribution in [2.45, 2.75) is 0 Å². The van der Waals surface area contributed by atoms with Crippen LogP contribution in [0.15, 0.2) is 83.9 Å². The Morgan fingerprint density at radius 3 is 2.25 bits per heavy atom. The SMILES string of the molecule is C=CC=NC(=NC=C)SS(=O)(=O)C(/C=C\C=C)=C/C=C. The molecule has 0 saturated heterocycles. The van der Waals surface area contributed by atoms with E-state index in [1.165, 1.54) is 48.9 Å². The van der Waals surface area contributed by atoms with Gasteiger partial charge in [0.25, 0.3) is 0 Å². The average molecular weight is 308 g/mol. The monoisotopic (exact) mass is 308 g/mol. The zero-order valence-electron chi connectivity index (χ0n) is 11.0. The summed E-state index contributed by atoms with van der Waals surface area (Å²) in [7, 11) is -3.15. The van der Waals surface area contributed by atoms with Crippen LogP contribution in [0.1, 0.15) is 0 Å². The molecule has 0 aliphatic carbocycles. The summed E-state index contributed by atoms with van der Waals surface area (Å²) in [5.74, 6) is 0. The van der Waals surface area contributed by atoms with E-state index in [-0.39, 0.29) is 10.1 Å². The van der Waals surface area contributed by atoms with Crippen molar-refractivity contribution in [2.24, 2.45) is 9.98 Å². The van der Waals surface area contributed by atoms with Crippen molar-refractivity contribution in [1.82, 2.24) is 0 Å². The van der Waals surface area contributed by atoms with E-state index < -0.39 is 8.87 Å². The van der Waals surface area contributed by atoms with Gasteiger partial charge in [0.1, 0.15) is 0 Å². The highest BCUT2D eigenvalue weighted by atomic mass is 33.1. The smallest absolute Gasteiger partial charge is 0.231 e. The third kappa shape index (κ3) is 6.86. The largest absolute Gasteiger partial charge is 0.237 e. The van der Waals surface area contributed by atoms with Crippen LogP contribution >= 0.6 is 10.8 Å². The van der Waals surface area contributed by atoms with Gasteiger partial charge in [-0.25, -0.2) is 18.4 Å². The van der Waals surface area contributed by atoms with E-state index in [4.69, 9.17) is 0 Å². The molecule has 0 N–H and O–H groups in total. The van der Waals surface area contributed by atoms with Crippen LogP contribution in [0.2, 0.25) is 0 Å². The molecule has 0 aromatic rings. The van der Waals surface area contributed by atoms with Gasteiger partial charge in [-0.15, -0.1) is 0 Å². The van der Waals surface area contributed by atoms with E-state index in [1.54, 1.807) is 0 Å². The first kappa shape index (κ1) is 18.1. The van der Waals surface area contributed by atoms with Gasteiger partial charge in [-0.05, 0) is 12.2 Å². The normalized spacial score (nSPS) is 13.6. The molecule has 0 atom stereocenters. The van der Waals surface area contributed by atoms with Crippen molar-refractivity contribution in [3.8, 4) is 0 Å². The van der Waals surface area contributed by atoms with Crippen molar-refractivity contribution in [2.75, 3.05) is 0 Å². The minimum atomic E-state index is -3.66. The first-order valence-electron chi connectivity index (χ1n) is 5.42. The molecule has 6 heteroatoms. The van der Waals surface area contributed by atoms with Crippen molar-refractivity contribution >= 4 is 31.0 Å². The maximum atomic E-state index is 12.2. The molecule has 0 fully saturated rings. The summed E-state index contributed by atoms with van der Waals surface area (Å²) in [5.41, 5.74) is 0. The summed E-state index contributed by atoms with van der Waals surface area (Å²) in [6, 6.07) is 0. The van der Waals surface area contributed by atoms with Gasteiger partial charge < -0.3 is 0 Å². The Bertz CT molecular complexity index is 595. The molecule has 0 aliphatic heterocycles. The predicted molar refractivity (Wildman–Crippen MR) is 90.4 cm³/mol. The molecular formula is C14H16N2O2S2. The van der Waals surface area contributed by atoms with E-state index in [2.05, 4.69) is 36.3 Å². The van der Waals surface area contributed by atoms with Crippen molar-refractivity contribution in [1.29, 1.82) is 0 Å². The molecule has 0 bridgehead atoms. The Balaban J connectivity index is 5.48. The molecule has 0 unspecified atom stereocenters. The lowest BCUT2D eigenvalue weighted by Gasteiger charge is -2.03. The number of rotatable bonds is 7. The maximum Gasteiger partial charge on any atom is 0.237 e. The Hall–Kier alpha value is -1.92. The number of nitrogens with zero attached hydrogens (tertiary/aromatic N) is 2. The lowest BCUT2D eigenvalue weighted by molar-refractivity contribution is 0.616. The molecule has 106 valence electrons. The van der Waals surface area contributed by atoms with E-state index in [1.807, 2.05) is 0 Å². The average Bonchev–Trinajstić information content (AvgIpc) is 2.40. The first-order chi connectivity index (χ1) is 9.51. The summed E-state index contributed by atoms with van der Waals surface area (Å²) >= 11 is 0. The Morgan fingerprint density at radius 1 is 1.05 bits per heavy atom. The van der Waals surface area contributed by atoms with Gasteiger partial charge in [0.15, 0.2) is 0 Å². The van der Waals surface area contributed by atoms with E-state index in [0.29, 0.717) is 10.8 Å². The summed E-state index contributed by atoms with van der Waals surface area (Å²) in [6.45, 7) is 13.9. The van der Waals surface area contributed by atoms with Crippen molar-refractivity contribution < 1.29 is 8.42 Å². The zero-order valence-corrected chi connectivity index (χ0v) is 12.6. The molecule has 4 nitrogen and oxygen atoms in total. The van der Waals surface area contributed by atoms with Crippen LogP contribution in [0.3, 0.4) is 0 Å². The standard InChI is InChI=1S/C14H16N2O2S2/c1-5-9-11-13(10-6-2)20(17,18)19-14(15-8-4)16-12-7-3/h5-12H,1-4H2/b11-9-,13-10+,15-14?,16-12?. The summed E-state index contributed by atoms with van der Waals surface area (Å²) in [5, 5.41) is 0.0434. The Kier molecular flexibility index (Phi) is 8.98. The van der Waals surface area contributed by atoms with Gasteiger partial charge >= 0.3 is 0 Å². The molecule has 0 radical (unpaired) electrons. The summed E-state index contributed by atoms with van der Waals surface area (Å²) in [4.78, 5) is 7.73. The highest BCUT2D eigenvalue weighted by Gasteiger charge is 2.19. The second-order valence-corrected chi connectivity index (χ2v) is 6.77. The summed E-state index contributed by atoms with van der Waals surface area (Å²) in [6.07, 6.45) is 11.2. The number of aliphatic imine (C=N–C) groups is 2. The number of amidine groups is 1. The molecule has 0 aromatic carbocycles. The van der Waals surface area contributed by atoms with Crippen LogP contribution in [-0.4, -0.2) is 19.8 Å². The fourth-order valence-corrected chi connectivity index (χ4v) is 3.41. The second-order valence-electron chi connectivity index (χ2n) is 3.05. The fourth-order valence-electron chi connectivity index (χ4n) is 0.918. The first-order valence-corrected chi connectivity index (χ1v) is 8.23. The lowest BCUT2D eigenvalue weighted by atomic mass is 10.4. The van der Waals surface area contributed by atoms with Crippen LogP contribution in [0.5, 0.6) is 0 Å². The molecule has 0 aromatic heterocycles. The minimum absolute atomic E-state index is 0.0434. The zero-order chi connectivity index (χ0) is 15.4. The minimum Gasteiger partial charge on any atom is -0.231 e. The molecule has 20 heavy (non-hydrogen) atoms. The van der Waals surface area contributed by atoms with Crippen molar-refractivity contribution in [3.05, 3.63) is 73.9 Å². The van der Waals surface area contributed by atoms with Gasteiger partial charge in [-0.2, -0.15) is 0 Å². The van der Waals surface area contributed by atoms with Crippen LogP contribution in [0.25, 0.3) is 0 Å². The number of hydrogen-bond donors (Lipinski definition) is 0. The highest BCUT2D eigenvalue weighted by Crippen LogP contribution is 2.25. The van der Waals surface area contributed by atoms with Gasteiger partial charge in [-0.1, -0.05) is 50.6 Å². The molecule has 0 spiro atoms. The van der Waals surface area contributed by atoms with Crippen LogP contribution in [-0.2, 0) is 8.87 Å². The van der Waals surface area contributed by atoms with Crippen LogP contribution in [0, 0.1) is 0 Å². The molecular weight excluding hydrogens is 292 g/mol. The second kappa shape index (κ2) is 9.94. The quantitative estimate of drug-likeness (QED) is 0.312. The van der Waals surface area contributed by atoms with E-state index >= 15 is 0 Å². The molecule has 0 aliphatic rings. The predicted octanol–water partition coefficient (Wildman–Crippen LogP) is 3.62. The van der Waals surface area contributed by atoms with Crippen LogP contribution in [0.4, 0.5) is 0 Å². The lowest BCUT2D eigenvalue weighted by Crippen LogP contribution is -2.01. The molecule has 0 rings (SSSR count). The van der Waals surface area contributed by atoms with Gasteiger partial charge in [0, 0.05) is 23.2 Å². The third-order valence-electron chi connectivity index (χ3n) is 1.64. The maximum absolute atomic E-state index is 12.2. The van der Waals surface area contributed by atoms with Gasteiger partial charge in [0.05, 0.1) is 4.91 Å². The number of hydrogen-bond acceptors (Lipinski definition) is 4. The van der Waals surface area contributed by atoms with Gasteiger partial charge in [0.2, 0.25) is 14.0 Å². The highest BCUT2D eigenvalue weighted by molar-refractivity contribution is 8.79. The molecule has 0 heterocycles. The Labute approximate surface area is 123 Å². The van der Waals surface area contributed by atoms with E-state index in [0.717, 1.165) is 0 Å².